The maximum absolute atomic E-state index is 15.8. The number of para-hydroxylation sites is 2. The van der Waals surface area contributed by atoms with Gasteiger partial charge in [-0.15, -0.1) is 11.8 Å². The van der Waals surface area contributed by atoms with Crippen LogP contribution in [0.5, 0.6) is 0 Å². The first-order valence-corrected chi connectivity index (χ1v) is 47.8. The Labute approximate surface area is 805 Å². The van der Waals surface area contributed by atoms with Crippen molar-refractivity contribution in [3.8, 4) is 0 Å². The van der Waals surface area contributed by atoms with E-state index in [4.69, 9.17) is 22.6 Å². The van der Waals surface area contributed by atoms with Crippen LogP contribution in [0.1, 0.15) is 159 Å². The van der Waals surface area contributed by atoms with Gasteiger partial charge in [0.25, 0.3) is 0 Å². The zero-order chi connectivity index (χ0) is 102. The number of unbranched alkanes of at least 4 members (excludes halogenated alkanes) is 2. The predicted molar refractivity (Wildman–Crippen MR) is 505 cm³/mol. The average Bonchev–Trinajstić information content (AvgIpc) is 1.69. The van der Waals surface area contributed by atoms with E-state index in [0.29, 0.717) is 76.1 Å². The second-order valence-electron chi connectivity index (χ2n) is 36.1. The third kappa shape index (κ3) is 30.6. The standard InChI is InChI=1S/C94H129F3N22O19S/c1-9-11-27-72-86(132)109-65(26-18-30-103-93(100)101)84(130)114-71(83(129)106-45-79(99)125)48-139-49-80(126)108-68(34-53-20-17-21-58(33-53)94(95,96)97)89(135)115(6)52(5)81(127)111-69(41-78(98)124)90(136)118-31-19-29-73(118)87(133)110-66(39-59-44-102-50-107-59)85(131)112-67(32-51(3)4)91(137)119-46-60(121)40-75(119)77(123)37-54(35-56-42-104-63-24-15-13-22-61(56)63)82(128)113-70(47-120)76(122)38-55(36-57-43-105-64-25-16-14-23-62(57)64)88(134)117(8)74(28-12-10-2)92(138)116(72)7/h13-17,20-25,33,42-44,50-52,54-55,60,65-75,104-105,120-121H,9-12,18-19,26-32,34-41,45-49H2,1-8H3,(H2,98,124)(H2,99,125)(H,102,107)(H,106,129)(H,108,126)(H,109,132)(H,110,133)(H,111,127)(H,112,131)(H,113,128)(H,114,130)(H4,100,101,103)/t52-,54+,55+,60+,65-,66-,67-,68-,69-,70-,71-,72-,73-,74-,75-/m0/s1. The SMILES string of the molecule is CCCC[C@H]1C(=O)N(C)[C@@H](CCCC)C(=O)N[C@@H](CCCNC(=N)N)C(=O)N[C@H](C(=O)NCC(N)=O)CSCC(=O)N[C@@H](Cc2cccc(C(F)(F)F)c2)C(=O)N(C)[C@@H](C)C(=O)N[C@@H](CC(N)=O)C(=O)N2CCC[C@H]2C(=O)N[C@@H](Cc2cnc[nH]2)C(=O)N[C@@H](CC(C)C)C(=O)N2C[C@H](O)C[C@H]2C(=O)C[C@@H](Cc2c[nH]c3ccccc23)C(=O)N[C@@H](CO)C(=O)C[C@@H](Cc2c[nH]c3ccccc23)C(=O)N1C. The van der Waals surface area contributed by atoms with Crippen molar-refractivity contribution < 1.29 is 105 Å². The lowest BCUT2D eigenvalue weighted by atomic mass is 9.88. The number of aliphatic hydroxyl groups is 2. The van der Waals surface area contributed by atoms with Crippen LogP contribution in [0.4, 0.5) is 13.2 Å². The Morgan fingerprint density at radius 3 is 1.80 bits per heavy atom. The summed E-state index contributed by atoms with van der Waals surface area (Å²) in [4.78, 5) is 270. The van der Waals surface area contributed by atoms with Gasteiger partial charge in [0.2, 0.25) is 88.6 Å². The van der Waals surface area contributed by atoms with E-state index in [1.807, 2.05) is 13.8 Å². The number of rotatable bonds is 26. The van der Waals surface area contributed by atoms with Gasteiger partial charge in [-0.2, -0.15) is 13.2 Å². The Morgan fingerprint density at radius 2 is 1.19 bits per heavy atom. The molecule has 6 aromatic rings. The summed E-state index contributed by atoms with van der Waals surface area (Å²) in [5, 5.41) is 55.3. The molecular weight excluding hydrogens is 1830 g/mol. The molecule has 0 spiro atoms. The fraction of sp³-hybridized carbons (Fsp3) is 0.543. The minimum absolute atomic E-state index is 0.00398. The van der Waals surface area contributed by atoms with Gasteiger partial charge in [-0.05, 0) is 106 Å². The third-order valence-corrected chi connectivity index (χ3v) is 26.3. The molecular formula is C94H129F3N22O19S. The van der Waals surface area contributed by atoms with E-state index in [-0.39, 0.29) is 95.2 Å². The molecule has 45 heteroatoms. The lowest BCUT2D eigenvalue weighted by Crippen LogP contribution is -2.60. The number of hydrogen-bond acceptors (Lipinski definition) is 22. The molecule has 0 unspecified atom stereocenters. The highest BCUT2D eigenvalue weighted by molar-refractivity contribution is 8.00. The molecule has 0 bridgehead atoms. The molecule has 0 saturated carbocycles. The van der Waals surface area contributed by atoms with Crippen molar-refractivity contribution in [3.05, 3.63) is 126 Å². The first-order valence-electron chi connectivity index (χ1n) is 46.6. The highest BCUT2D eigenvalue weighted by Crippen LogP contribution is 2.33. The minimum atomic E-state index is -4.90. The molecule has 3 aliphatic heterocycles. The molecule has 0 radical (unpaired) electrons. The van der Waals surface area contributed by atoms with E-state index in [9.17, 15) is 66.5 Å². The van der Waals surface area contributed by atoms with Crippen LogP contribution in [0.25, 0.3) is 21.8 Å². The monoisotopic (exact) mass is 1960 g/mol. The molecule has 15 amide bonds. The van der Waals surface area contributed by atoms with Crippen molar-refractivity contribution in [2.24, 2.45) is 35.0 Å². The minimum Gasteiger partial charge on any atom is -0.394 e. The Morgan fingerprint density at radius 1 is 0.590 bits per heavy atom. The van der Waals surface area contributed by atoms with Crippen molar-refractivity contribution in [1.82, 2.24) is 92.3 Å². The Hall–Kier alpha value is -13.3. The molecule has 9 rings (SSSR count). The van der Waals surface area contributed by atoms with Crippen molar-refractivity contribution >= 4 is 140 Å². The third-order valence-electron chi connectivity index (χ3n) is 25.2. The molecule has 3 aromatic heterocycles. The molecule has 0 aliphatic carbocycles. The van der Waals surface area contributed by atoms with Gasteiger partial charge >= 0.3 is 6.18 Å². The smallest absolute Gasteiger partial charge is 0.394 e. The van der Waals surface area contributed by atoms with Gasteiger partial charge in [0.1, 0.15) is 66.5 Å². The van der Waals surface area contributed by atoms with E-state index in [0.717, 1.165) is 44.8 Å². The van der Waals surface area contributed by atoms with E-state index in [2.05, 4.69) is 67.8 Å². The van der Waals surface area contributed by atoms with Gasteiger partial charge in [-0.1, -0.05) is 108 Å². The fourth-order valence-corrected chi connectivity index (χ4v) is 18.4. The number of aromatic nitrogens is 4. The Balaban J connectivity index is 1.11. The molecule has 139 heavy (non-hydrogen) atoms. The van der Waals surface area contributed by atoms with Gasteiger partial charge in [-0.3, -0.25) is 86.9 Å². The molecule has 21 N–H and O–H groups in total. The molecule has 3 aliphatic rings. The summed E-state index contributed by atoms with van der Waals surface area (Å²) in [5.74, 6) is -21.1. The summed E-state index contributed by atoms with van der Waals surface area (Å²) < 4.78 is 42.9. The predicted octanol–water partition coefficient (Wildman–Crippen LogP) is 0.566. The number of carbonyl (C=O) groups is 17. The molecule has 3 saturated heterocycles. The zero-order valence-electron chi connectivity index (χ0n) is 79.2. The number of aliphatic hydroxyl groups excluding tert-OH is 2. The van der Waals surface area contributed by atoms with E-state index < -0.39 is 265 Å². The number of ketones is 2. The van der Waals surface area contributed by atoms with Gasteiger partial charge in [0.15, 0.2) is 17.5 Å². The molecule has 756 valence electrons. The number of H-pyrrole nitrogens is 3. The lowest BCUT2D eigenvalue weighted by Gasteiger charge is -2.36. The number of hydrogen-bond donors (Lipinski definition) is 18. The number of likely N-dealkylation sites (N-methyl/N-ethyl adjacent to an activating group) is 3. The first-order chi connectivity index (χ1) is 66.0. The molecule has 3 aromatic carbocycles. The highest BCUT2D eigenvalue weighted by atomic mass is 32.2. The number of imidazole rings is 1. The van der Waals surface area contributed by atoms with Crippen LogP contribution >= 0.6 is 11.8 Å². The number of benzene rings is 3. The maximum Gasteiger partial charge on any atom is 0.416 e. The molecule has 15 atom stereocenters. The summed E-state index contributed by atoms with van der Waals surface area (Å²) in [6.45, 7) is 5.83. The number of amides is 15. The summed E-state index contributed by atoms with van der Waals surface area (Å²) in [7, 11) is 3.79. The summed E-state index contributed by atoms with van der Waals surface area (Å²) in [5.41, 5.74) is 18.2. The van der Waals surface area contributed by atoms with Crippen LogP contribution < -0.4 is 65.1 Å². The van der Waals surface area contributed by atoms with Crippen molar-refractivity contribution in [2.45, 2.75) is 241 Å². The number of guanidine groups is 1. The summed E-state index contributed by atoms with van der Waals surface area (Å²) in [6.07, 6.45) is -2.98. The first kappa shape index (κ1) is 109. The number of thioether (sulfide) groups is 1. The fourth-order valence-electron chi connectivity index (χ4n) is 17.6. The molecule has 41 nitrogen and oxygen atoms in total. The second kappa shape index (κ2) is 51.4. The number of aromatic amines is 3. The van der Waals surface area contributed by atoms with E-state index >= 15 is 38.4 Å². The van der Waals surface area contributed by atoms with Crippen molar-refractivity contribution in [3.63, 3.8) is 0 Å². The number of primary amides is 2. The van der Waals surface area contributed by atoms with Crippen LogP contribution in [0.15, 0.2) is 97.7 Å². The zero-order valence-corrected chi connectivity index (χ0v) is 80.0. The van der Waals surface area contributed by atoms with Crippen LogP contribution in [0.3, 0.4) is 0 Å². The number of Topliss-reactive ketones (excluding diaryl/α,β-unsaturated/α-hetero) is 2. The van der Waals surface area contributed by atoms with Gasteiger partial charge in [0, 0.05) is 137 Å². The van der Waals surface area contributed by atoms with Crippen LogP contribution in [0, 0.1) is 23.2 Å². The number of nitrogens with one attached hydrogen (secondary N) is 13. The summed E-state index contributed by atoms with van der Waals surface area (Å²) >= 11 is 0.654. The number of fused-ring (bicyclic) bond motifs is 4. The average molecular weight is 1960 g/mol. The normalized spacial score (nSPS) is 24.6. The van der Waals surface area contributed by atoms with Crippen LogP contribution in [0.2, 0.25) is 0 Å². The van der Waals surface area contributed by atoms with Crippen LogP contribution in [-0.2, 0) is 113 Å². The number of nitrogens with two attached hydrogens (primary N) is 3. The number of carbonyl (C=O) groups excluding carboxylic acids is 17. The van der Waals surface area contributed by atoms with E-state index in [1.165, 1.54) is 44.5 Å². The largest absolute Gasteiger partial charge is 0.416 e. The molecule has 3 fully saturated rings. The summed E-state index contributed by atoms with van der Waals surface area (Å²) in [6, 6.07) is -1.22. The van der Waals surface area contributed by atoms with Gasteiger partial charge < -0.3 is 115 Å². The maximum atomic E-state index is 15.8. The lowest BCUT2D eigenvalue weighted by molar-refractivity contribution is -0.150. The van der Waals surface area contributed by atoms with Crippen molar-refractivity contribution in [2.75, 3.05) is 65.4 Å². The van der Waals surface area contributed by atoms with Gasteiger partial charge in [0.05, 0.1) is 49.4 Å². The molecule has 6 heterocycles. The van der Waals surface area contributed by atoms with E-state index in [1.54, 1.807) is 74.8 Å². The number of nitrogens with zero attached hydrogens (tertiary/aromatic N) is 6. The number of alkyl halides is 3. The van der Waals surface area contributed by atoms with Crippen molar-refractivity contribution in [1.29, 1.82) is 5.41 Å². The number of halogens is 3. The Bertz CT molecular complexity index is 5390. The van der Waals surface area contributed by atoms with Crippen LogP contribution in [-0.4, -0.2) is 305 Å². The van der Waals surface area contributed by atoms with Gasteiger partial charge in [-0.25, -0.2) is 4.98 Å². The Kier molecular flexibility index (Phi) is 40.4. The second-order valence-corrected chi connectivity index (χ2v) is 37.2. The topological polar surface area (TPSA) is 617 Å². The quantitative estimate of drug-likeness (QED) is 0.0200. The highest BCUT2D eigenvalue weighted by Gasteiger charge is 2.47.